The van der Waals surface area contributed by atoms with Crippen LogP contribution in [-0.2, 0) is 4.74 Å². The van der Waals surface area contributed by atoms with Crippen molar-refractivity contribution in [1.29, 1.82) is 0 Å². The van der Waals surface area contributed by atoms with Crippen molar-refractivity contribution in [3.63, 3.8) is 0 Å². The second-order valence-electron chi connectivity index (χ2n) is 8.45. The molecule has 0 spiro atoms. The number of ether oxygens (including phenoxy) is 1. The minimum atomic E-state index is -0.325. The zero-order valence-electron chi connectivity index (χ0n) is 14.1. The van der Waals surface area contributed by atoms with Gasteiger partial charge in [0, 0.05) is 6.54 Å². The molecule has 3 nitrogen and oxygen atoms in total. The maximum Gasteiger partial charge on any atom is 0.0900 e. The van der Waals surface area contributed by atoms with Gasteiger partial charge in [0.15, 0.2) is 0 Å². The standard InChI is InChI=1S/C18H33NO2/c1-17(2)14-7-8-18(17,3)16(11-14)21-13-15(20)12-19-9-5-4-6-10-19/h14-16,20H,4-13H2,1-3H3/t14-,15-,16+,18-/m1/s1. The molecule has 0 aromatic carbocycles. The molecule has 4 atom stereocenters. The summed E-state index contributed by atoms with van der Waals surface area (Å²) in [6, 6.07) is 0. The third-order valence-corrected chi connectivity index (χ3v) is 7.12. The summed E-state index contributed by atoms with van der Waals surface area (Å²) >= 11 is 0. The van der Waals surface area contributed by atoms with E-state index in [1.54, 1.807) is 0 Å². The largest absolute Gasteiger partial charge is 0.389 e. The zero-order valence-corrected chi connectivity index (χ0v) is 14.1. The first kappa shape index (κ1) is 15.8. The van der Waals surface area contributed by atoms with E-state index in [4.69, 9.17) is 4.74 Å². The van der Waals surface area contributed by atoms with Crippen molar-refractivity contribution in [2.24, 2.45) is 16.7 Å². The Morgan fingerprint density at radius 3 is 2.48 bits per heavy atom. The van der Waals surface area contributed by atoms with Crippen LogP contribution >= 0.6 is 0 Å². The lowest BCUT2D eigenvalue weighted by molar-refractivity contribution is -0.0798. The van der Waals surface area contributed by atoms with Gasteiger partial charge in [0.25, 0.3) is 0 Å². The maximum atomic E-state index is 10.3. The highest BCUT2D eigenvalue weighted by Gasteiger charge is 2.61. The lowest BCUT2D eigenvalue weighted by Crippen LogP contribution is -2.41. The summed E-state index contributed by atoms with van der Waals surface area (Å²) in [5.74, 6) is 0.812. The first-order valence-corrected chi connectivity index (χ1v) is 8.95. The van der Waals surface area contributed by atoms with Gasteiger partial charge in [-0.2, -0.15) is 0 Å². The van der Waals surface area contributed by atoms with Gasteiger partial charge in [-0.3, -0.25) is 0 Å². The van der Waals surface area contributed by atoms with Gasteiger partial charge in [0.2, 0.25) is 0 Å². The van der Waals surface area contributed by atoms with Crippen LogP contribution in [0, 0.1) is 16.7 Å². The molecule has 3 heteroatoms. The molecule has 3 aliphatic rings. The monoisotopic (exact) mass is 295 g/mol. The molecule has 0 aromatic rings. The molecule has 3 fully saturated rings. The molecule has 0 amide bonds. The average Bonchev–Trinajstić information content (AvgIpc) is 2.79. The van der Waals surface area contributed by atoms with Crippen molar-refractivity contribution >= 4 is 0 Å². The fraction of sp³-hybridized carbons (Fsp3) is 1.00. The van der Waals surface area contributed by atoms with Gasteiger partial charge in [0.1, 0.15) is 0 Å². The number of β-amino-alcohol motifs (C(OH)–C–C–N with tert-alkyl or cyclic N) is 1. The molecule has 21 heavy (non-hydrogen) atoms. The fourth-order valence-electron chi connectivity index (χ4n) is 5.10. The van der Waals surface area contributed by atoms with Gasteiger partial charge >= 0.3 is 0 Å². The molecule has 2 bridgehead atoms. The van der Waals surface area contributed by atoms with Crippen molar-refractivity contribution < 1.29 is 9.84 Å². The molecule has 122 valence electrons. The number of likely N-dealkylation sites (tertiary alicyclic amines) is 1. The molecule has 3 rings (SSSR count). The van der Waals surface area contributed by atoms with E-state index in [1.165, 1.54) is 38.5 Å². The molecule has 1 heterocycles. The van der Waals surface area contributed by atoms with E-state index in [0.717, 1.165) is 25.6 Å². The molecule has 1 N–H and O–H groups in total. The van der Waals surface area contributed by atoms with Crippen LogP contribution in [0.2, 0.25) is 0 Å². The second kappa shape index (κ2) is 5.82. The van der Waals surface area contributed by atoms with Crippen LogP contribution in [0.1, 0.15) is 59.3 Å². The summed E-state index contributed by atoms with van der Waals surface area (Å²) < 4.78 is 6.20. The van der Waals surface area contributed by atoms with E-state index in [0.29, 0.717) is 23.5 Å². The Morgan fingerprint density at radius 2 is 1.90 bits per heavy atom. The molecule has 2 saturated carbocycles. The molecular weight excluding hydrogens is 262 g/mol. The van der Waals surface area contributed by atoms with Gasteiger partial charge in [0.05, 0.1) is 18.8 Å². The maximum absolute atomic E-state index is 10.3. The summed E-state index contributed by atoms with van der Waals surface area (Å²) in [6.07, 6.45) is 7.78. The third kappa shape index (κ3) is 2.77. The van der Waals surface area contributed by atoms with E-state index in [1.807, 2.05) is 0 Å². The van der Waals surface area contributed by atoms with E-state index in [2.05, 4.69) is 25.7 Å². The van der Waals surface area contributed by atoms with E-state index in [-0.39, 0.29) is 6.10 Å². The normalized spacial score (nSPS) is 40.6. The van der Waals surface area contributed by atoms with Gasteiger partial charge in [-0.25, -0.2) is 0 Å². The Bertz CT molecular complexity index is 364. The summed E-state index contributed by atoms with van der Waals surface area (Å²) in [7, 11) is 0. The van der Waals surface area contributed by atoms with Gasteiger partial charge in [-0.15, -0.1) is 0 Å². The molecule has 2 aliphatic carbocycles. The summed E-state index contributed by atoms with van der Waals surface area (Å²) in [5.41, 5.74) is 0.706. The van der Waals surface area contributed by atoms with Crippen LogP contribution in [-0.4, -0.2) is 48.5 Å². The van der Waals surface area contributed by atoms with Gasteiger partial charge in [-0.1, -0.05) is 27.2 Å². The Labute approximate surface area is 130 Å². The van der Waals surface area contributed by atoms with Crippen LogP contribution in [0.25, 0.3) is 0 Å². The van der Waals surface area contributed by atoms with Crippen molar-refractivity contribution in [1.82, 2.24) is 4.90 Å². The smallest absolute Gasteiger partial charge is 0.0900 e. The summed E-state index contributed by atoms with van der Waals surface area (Å²) in [5, 5.41) is 10.3. The quantitative estimate of drug-likeness (QED) is 0.846. The van der Waals surface area contributed by atoms with Crippen LogP contribution < -0.4 is 0 Å². The molecule has 1 saturated heterocycles. The Morgan fingerprint density at radius 1 is 1.19 bits per heavy atom. The zero-order chi connectivity index (χ0) is 15.1. The van der Waals surface area contributed by atoms with Crippen molar-refractivity contribution in [2.75, 3.05) is 26.2 Å². The lowest BCUT2D eigenvalue weighted by Gasteiger charge is -2.39. The predicted molar refractivity (Wildman–Crippen MR) is 85.3 cm³/mol. The topological polar surface area (TPSA) is 32.7 Å². The third-order valence-electron chi connectivity index (χ3n) is 7.12. The first-order chi connectivity index (χ1) is 9.93. The number of hydrogen-bond acceptors (Lipinski definition) is 3. The van der Waals surface area contributed by atoms with E-state index in [9.17, 15) is 5.11 Å². The number of aliphatic hydroxyl groups is 1. The van der Waals surface area contributed by atoms with Crippen molar-refractivity contribution in [3.05, 3.63) is 0 Å². The Hall–Kier alpha value is -0.120. The van der Waals surface area contributed by atoms with Crippen LogP contribution in [0.15, 0.2) is 0 Å². The van der Waals surface area contributed by atoms with Crippen molar-refractivity contribution in [3.8, 4) is 0 Å². The number of rotatable bonds is 5. The highest BCUT2D eigenvalue weighted by atomic mass is 16.5. The minimum absolute atomic E-state index is 0.308. The summed E-state index contributed by atoms with van der Waals surface area (Å²) in [6.45, 7) is 10.8. The molecule has 1 aliphatic heterocycles. The van der Waals surface area contributed by atoms with Gasteiger partial charge in [-0.05, 0) is 61.9 Å². The second-order valence-corrected chi connectivity index (χ2v) is 8.45. The minimum Gasteiger partial charge on any atom is -0.389 e. The molecule has 0 unspecified atom stereocenters. The number of hydrogen-bond donors (Lipinski definition) is 1. The first-order valence-electron chi connectivity index (χ1n) is 8.95. The summed E-state index contributed by atoms with van der Waals surface area (Å²) in [4.78, 5) is 2.39. The van der Waals surface area contributed by atoms with Gasteiger partial charge < -0.3 is 14.7 Å². The number of nitrogens with zero attached hydrogens (tertiary/aromatic N) is 1. The molecule has 0 radical (unpaired) electrons. The van der Waals surface area contributed by atoms with Crippen LogP contribution in [0.4, 0.5) is 0 Å². The van der Waals surface area contributed by atoms with E-state index >= 15 is 0 Å². The highest BCUT2D eigenvalue weighted by molar-refractivity contribution is 5.11. The highest BCUT2D eigenvalue weighted by Crippen LogP contribution is 2.66. The fourth-order valence-corrected chi connectivity index (χ4v) is 5.10. The van der Waals surface area contributed by atoms with Crippen LogP contribution in [0.3, 0.4) is 0 Å². The molecular formula is C18H33NO2. The number of fused-ring (bicyclic) bond motifs is 2. The van der Waals surface area contributed by atoms with Crippen LogP contribution in [0.5, 0.6) is 0 Å². The number of aliphatic hydroxyl groups excluding tert-OH is 1. The predicted octanol–water partition coefficient (Wildman–Crippen LogP) is 3.06. The SMILES string of the molecule is CC1(C)[C@@H]2CC[C@]1(C)[C@@H](OC[C@H](O)CN1CCCCC1)C2. The van der Waals surface area contributed by atoms with E-state index < -0.39 is 0 Å². The Kier molecular flexibility index (Phi) is 4.37. The molecule has 0 aromatic heterocycles. The average molecular weight is 295 g/mol. The van der Waals surface area contributed by atoms with Crippen molar-refractivity contribution in [2.45, 2.75) is 71.5 Å². The number of piperidine rings is 1. The Balaban J connectivity index is 1.47. The lowest BCUT2D eigenvalue weighted by atomic mass is 9.70.